The molecular weight excluding hydrogens is 381 g/mol. The summed E-state index contributed by atoms with van der Waals surface area (Å²) in [5.74, 6) is 0.949. The van der Waals surface area contributed by atoms with Gasteiger partial charge in [-0.15, -0.1) is 0 Å². The molecule has 0 aromatic heterocycles. The number of ether oxygens (including phenoxy) is 1. The van der Waals surface area contributed by atoms with Gasteiger partial charge < -0.3 is 10.1 Å². The van der Waals surface area contributed by atoms with Crippen LogP contribution in [0, 0.1) is 0 Å². The number of nitrogens with one attached hydrogen (secondary N) is 1. The molecule has 0 atom stereocenters. The first-order valence-corrected chi connectivity index (χ1v) is 7.69. The molecule has 90 valence electrons. The van der Waals surface area contributed by atoms with Crippen LogP contribution < -0.4 is 10.1 Å². The summed E-state index contributed by atoms with van der Waals surface area (Å²) >= 11 is 5.89. The second-order valence-corrected chi connectivity index (χ2v) is 5.52. The molecule has 0 unspecified atom stereocenters. The van der Waals surface area contributed by atoms with Crippen LogP contribution >= 0.6 is 38.5 Å². The molecule has 16 heavy (non-hydrogen) atoms. The minimum absolute atomic E-state index is 0.865. The van der Waals surface area contributed by atoms with E-state index >= 15 is 0 Å². The van der Waals surface area contributed by atoms with Gasteiger partial charge in [0.2, 0.25) is 0 Å². The van der Waals surface area contributed by atoms with Gasteiger partial charge in [0, 0.05) is 16.6 Å². The topological polar surface area (TPSA) is 21.3 Å². The van der Waals surface area contributed by atoms with Crippen molar-refractivity contribution in [1.29, 1.82) is 0 Å². The van der Waals surface area contributed by atoms with Crippen LogP contribution in [0.2, 0.25) is 0 Å². The summed E-state index contributed by atoms with van der Waals surface area (Å²) < 4.78 is 7.65. The average molecular weight is 398 g/mol. The molecule has 1 rings (SSSR count). The Bertz CT molecular complexity index is 320. The van der Waals surface area contributed by atoms with Crippen molar-refractivity contribution in [2.45, 2.75) is 19.4 Å². The van der Waals surface area contributed by atoms with Crippen molar-refractivity contribution in [2.75, 3.05) is 18.1 Å². The van der Waals surface area contributed by atoms with E-state index in [0.29, 0.717) is 0 Å². The molecule has 1 N–H and O–H groups in total. The van der Waals surface area contributed by atoms with Gasteiger partial charge in [0.25, 0.3) is 0 Å². The molecule has 0 fully saturated rings. The lowest BCUT2D eigenvalue weighted by Gasteiger charge is -2.10. The molecule has 0 saturated heterocycles. The molecule has 0 bridgehead atoms. The fourth-order valence-electron chi connectivity index (χ4n) is 1.45. The van der Waals surface area contributed by atoms with Gasteiger partial charge in [-0.2, -0.15) is 0 Å². The third kappa shape index (κ3) is 5.01. The Kier molecular flexibility index (Phi) is 7.40. The molecule has 0 saturated carbocycles. The zero-order valence-electron chi connectivity index (χ0n) is 9.43. The van der Waals surface area contributed by atoms with E-state index in [-0.39, 0.29) is 0 Å². The average Bonchev–Trinajstić information content (AvgIpc) is 2.29. The fourth-order valence-corrected chi connectivity index (χ4v) is 2.40. The smallest absolute Gasteiger partial charge is 0.123 e. The molecule has 1 aromatic carbocycles. The predicted molar refractivity (Wildman–Crippen MR) is 80.5 cm³/mol. The number of benzene rings is 1. The SMILES string of the molecule is COc1ccc(Br)cc1CNCCCCI. The van der Waals surface area contributed by atoms with Crippen molar-refractivity contribution in [2.24, 2.45) is 0 Å². The van der Waals surface area contributed by atoms with Crippen LogP contribution in [0.5, 0.6) is 5.75 Å². The highest BCUT2D eigenvalue weighted by Crippen LogP contribution is 2.22. The van der Waals surface area contributed by atoms with E-state index in [1.807, 2.05) is 12.1 Å². The largest absolute Gasteiger partial charge is 0.496 e. The zero-order chi connectivity index (χ0) is 11.8. The minimum atomic E-state index is 0.865. The van der Waals surface area contributed by atoms with E-state index in [1.54, 1.807) is 7.11 Å². The summed E-state index contributed by atoms with van der Waals surface area (Å²) in [4.78, 5) is 0. The van der Waals surface area contributed by atoms with E-state index in [2.05, 4.69) is 49.9 Å². The standard InChI is InChI=1S/C12H17BrINO/c1-16-12-5-4-11(13)8-10(12)9-15-7-3-2-6-14/h4-5,8,15H,2-3,6-7,9H2,1H3. The van der Waals surface area contributed by atoms with E-state index < -0.39 is 0 Å². The first kappa shape index (κ1) is 14.3. The van der Waals surface area contributed by atoms with Crippen LogP contribution in [0.3, 0.4) is 0 Å². The number of alkyl halides is 1. The lowest BCUT2D eigenvalue weighted by Crippen LogP contribution is -2.15. The van der Waals surface area contributed by atoms with Gasteiger partial charge in [0.15, 0.2) is 0 Å². The Morgan fingerprint density at radius 1 is 1.38 bits per heavy atom. The Labute approximate surface area is 119 Å². The number of hydrogen-bond donors (Lipinski definition) is 1. The fraction of sp³-hybridized carbons (Fsp3) is 0.500. The lowest BCUT2D eigenvalue weighted by molar-refractivity contribution is 0.407. The quantitative estimate of drug-likeness (QED) is 0.429. The van der Waals surface area contributed by atoms with Crippen molar-refractivity contribution in [3.05, 3.63) is 28.2 Å². The first-order chi connectivity index (χ1) is 7.77. The third-order valence-electron chi connectivity index (χ3n) is 2.30. The Morgan fingerprint density at radius 3 is 2.88 bits per heavy atom. The molecule has 2 nitrogen and oxygen atoms in total. The van der Waals surface area contributed by atoms with E-state index in [0.717, 1.165) is 23.3 Å². The van der Waals surface area contributed by atoms with Crippen LogP contribution in [0.4, 0.5) is 0 Å². The van der Waals surface area contributed by atoms with Gasteiger partial charge in [0.05, 0.1) is 7.11 Å². The predicted octanol–water partition coefficient (Wildman–Crippen LogP) is 3.76. The summed E-state index contributed by atoms with van der Waals surface area (Å²) in [7, 11) is 1.71. The highest BCUT2D eigenvalue weighted by molar-refractivity contribution is 14.1. The third-order valence-corrected chi connectivity index (χ3v) is 3.55. The summed E-state index contributed by atoms with van der Waals surface area (Å²) in [6.45, 7) is 1.93. The van der Waals surface area contributed by atoms with Gasteiger partial charge >= 0.3 is 0 Å². The summed E-state index contributed by atoms with van der Waals surface area (Å²) in [6, 6.07) is 6.09. The molecule has 1 aromatic rings. The highest BCUT2D eigenvalue weighted by Gasteiger charge is 2.02. The van der Waals surface area contributed by atoms with Gasteiger partial charge in [-0.3, -0.25) is 0 Å². The highest BCUT2D eigenvalue weighted by atomic mass is 127. The molecular formula is C12H17BrINO. The first-order valence-electron chi connectivity index (χ1n) is 5.37. The second-order valence-electron chi connectivity index (χ2n) is 3.53. The van der Waals surface area contributed by atoms with E-state index in [4.69, 9.17) is 4.74 Å². The van der Waals surface area contributed by atoms with Gasteiger partial charge in [-0.1, -0.05) is 38.5 Å². The number of rotatable bonds is 7. The lowest BCUT2D eigenvalue weighted by atomic mass is 10.2. The van der Waals surface area contributed by atoms with Crippen LogP contribution in [-0.2, 0) is 6.54 Å². The van der Waals surface area contributed by atoms with Gasteiger partial charge in [-0.05, 0) is 42.0 Å². The maximum Gasteiger partial charge on any atom is 0.123 e. The minimum Gasteiger partial charge on any atom is -0.496 e. The molecule has 0 amide bonds. The summed E-state index contributed by atoms with van der Waals surface area (Å²) in [5, 5.41) is 3.43. The van der Waals surface area contributed by atoms with Crippen LogP contribution in [0.25, 0.3) is 0 Å². The molecule has 0 heterocycles. The molecule has 0 spiro atoms. The summed E-state index contributed by atoms with van der Waals surface area (Å²) in [6.07, 6.45) is 2.52. The second kappa shape index (κ2) is 8.31. The van der Waals surface area contributed by atoms with Crippen molar-refractivity contribution in [3.8, 4) is 5.75 Å². The van der Waals surface area contributed by atoms with Crippen molar-refractivity contribution in [3.63, 3.8) is 0 Å². The van der Waals surface area contributed by atoms with Crippen LogP contribution in [-0.4, -0.2) is 18.1 Å². The number of halogens is 2. The van der Waals surface area contributed by atoms with Crippen molar-refractivity contribution >= 4 is 38.5 Å². The van der Waals surface area contributed by atoms with Crippen LogP contribution in [0.15, 0.2) is 22.7 Å². The van der Waals surface area contributed by atoms with Crippen LogP contribution in [0.1, 0.15) is 18.4 Å². The number of unbranched alkanes of at least 4 members (excludes halogenated alkanes) is 1. The monoisotopic (exact) mass is 397 g/mol. The van der Waals surface area contributed by atoms with Crippen molar-refractivity contribution < 1.29 is 4.74 Å². The normalized spacial score (nSPS) is 10.4. The van der Waals surface area contributed by atoms with E-state index in [1.165, 1.54) is 22.8 Å². The number of hydrogen-bond acceptors (Lipinski definition) is 2. The number of methoxy groups -OCH3 is 1. The Balaban J connectivity index is 2.42. The Hall–Kier alpha value is 0.190. The van der Waals surface area contributed by atoms with Gasteiger partial charge in [-0.25, -0.2) is 0 Å². The molecule has 4 heteroatoms. The maximum absolute atomic E-state index is 5.32. The van der Waals surface area contributed by atoms with E-state index in [9.17, 15) is 0 Å². The maximum atomic E-state index is 5.32. The molecule has 0 aliphatic heterocycles. The van der Waals surface area contributed by atoms with Crippen molar-refractivity contribution in [1.82, 2.24) is 5.32 Å². The Morgan fingerprint density at radius 2 is 2.19 bits per heavy atom. The molecule has 0 radical (unpaired) electrons. The zero-order valence-corrected chi connectivity index (χ0v) is 13.2. The summed E-state index contributed by atoms with van der Waals surface area (Å²) in [5.41, 5.74) is 1.20. The molecule has 0 aliphatic carbocycles. The molecule has 0 aliphatic rings. The van der Waals surface area contributed by atoms with Gasteiger partial charge in [0.1, 0.15) is 5.75 Å².